The predicted molar refractivity (Wildman–Crippen MR) is 93.8 cm³/mol. The van der Waals surface area contributed by atoms with Crippen LogP contribution in [0, 0.1) is 6.92 Å². The fourth-order valence-electron chi connectivity index (χ4n) is 2.50. The van der Waals surface area contributed by atoms with Crippen molar-refractivity contribution in [2.24, 2.45) is 0 Å². The van der Waals surface area contributed by atoms with Crippen LogP contribution in [-0.2, 0) is 6.54 Å². The number of aryl methyl sites for hydroxylation is 1. The number of rotatable bonds is 5. The summed E-state index contributed by atoms with van der Waals surface area (Å²) in [5, 5.41) is 3.02. The van der Waals surface area contributed by atoms with Crippen molar-refractivity contribution in [2.75, 3.05) is 7.05 Å². The predicted octanol–water partition coefficient (Wildman–Crippen LogP) is 3.02. The van der Waals surface area contributed by atoms with Gasteiger partial charge in [-0.3, -0.25) is 0 Å². The Morgan fingerprint density at radius 3 is 2.88 bits per heavy atom. The monoisotopic (exact) mass is 344 g/mol. The van der Waals surface area contributed by atoms with Crippen molar-refractivity contribution in [1.82, 2.24) is 28.9 Å². The molecule has 2 amide bonds. The number of aromatic amines is 1. The lowest BCUT2D eigenvalue weighted by Gasteiger charge is -2.22. The number of carbonyl (C=O) groups is 1. The normalized spacial score (nSPS) is 12.3. The molecule has 126 valence electrons. The average molecular weight is 344 g/mol. The Morgan fingerprint density at radius 1 is 1.38 bits per heavy atom. The summed E-state index contributed by atoms with van der Waals surface area (Å²) < 4.78 is 8.42. The Kier molecular flexibility index (Phi) is 4.75. The number of aromatic nitrogens is 4. The SMILES string of the molecule is CC[C@H](NC(=O)N(C)Cc1ccc2nsnc2c1)c1ncc(C)[nH]1. The summed E-state index contributed by atoms with van der Waals surface area (Å²) in [4.78, 5) is 21.6. The molecule has 0 aliphatic rings. The molecule has 2 aromatic heterocycles. The second kappa shape index (κ2) is 6.96. The Labute approximate surface area is 144 Å². The zero-order chi connectivity index (χ0) is 17.1. The number of H-pyrrole nitrogens is 1. The van der Waals surface area contributed by atoms with E-state index >= 15 is 0 Å². The Morgan fingerprint density at radius 2 is 2.17 bits per heavy atom. The average Bonchev–Trinajstić information content (AvgIpc) is 3.20. The van der Waals surface area contributed by atoms with Crippen molar-refractivity contribution in [1.29, 1.82) is 0 Å². The molecule has 2 N–H and O–H groups in total. The van der Waals surface area contributed by atoms with Crippen LogP contribution in [0.5, 0.6) is 0 Å². The van der Waals surface area contributed by atoms with Gasteiger partial charge in [0.15, 0.2) is 0 Å². The summed E-state index contributed by atoms with van der Waals surface area (Å²) in [6, 6.07) is 5.61. The molecule has 0 aliphatic carbocycles. The first-order chi connectivity index (χ1) is 11.6. The minimum absolute atomic E-state index is 0.126. The van der Waals surface area contributed by atoms with Crippen LogP contribution in [0.4, 0.5) is 4.79 Å². The van der Waals surface area contributed by atoms with E-state index in [4.69, 9.17) is 0 Å². The topological polar surface area (TPSA) is 86.8 Å². The molecule has 0 unspecified atom stereocenters. The van der Waals surface area contributed by atoms with Crippen molar-refractivity contribution in [2.45, 2.75) is 32.9 Å². The van der Waals surface area contributed by atoms with Gasteiger partial charge in [0, 0.05) is 25.5 Å². The van der Waals surface area contributed by atoms with Gasteiger partial charge in [0.1, 0.15) is 16.9 Å². The molecule has 2 heterocycles. The molecule has 1 aromatic carbocycles. The number of carbonyl (C=O) groups excluding carboxylic acids is 1. The first kappa shape index (κ1) is 16.4. The molecular formula is C16H20N6OS. The highest BCUT2D eigenvalue weighted by Gasteiger charge is 2.18. The van der Waals surface area contributed by atoms with Crippen LogP contribution < -0.4 is 5.32 Å². The fourth-order valence-corrected chi connectivity index (χ4v) is 3.02. The highest BCUT2D eigenvalue weighted by atomic mass is 32.1. The molecule has 0 aliphatic heterocycles. The summed E-state index contributed by atoms with van der Waals surface area (Å²) in [5.41, 5.74) is 3.75. The van der Waals surface area contributed by atoms with E-state index in [1.165, 1.54) is 11.7 Å². The first-order valence-electron chi connectivity index (χ1n) is 7.81. The van der Waals surface area contributed by atoms with E-state index in [2.05, 4.69) is 24.0 Å². The van der Waals surface area contributed by atoms with Crippen molar-refractivity contribution in [3.05, 3.63) is 41.5 Å². The van der Waals surface area contributed by atoms with Crippen LogP contribution in [0.1, 0.15) is 36.5 Å². The molecule has 24 heavy (non-hydrogen) atoms. The maximum atomic E-state index is 12.5. The van der Waals surface area contributed by atoms with E-state index < -0.39 is 0 Å². The van der Waals surface area contributed by atoms with Gasteiger partial charge in [0.2, 0.25) is 0 Å². The highest BCUT2D eigenvalue weighted by molar-refractivity contribution is 7.00. The lowest BCUT2D eigenvalue weighted by Crippen LogP contribution is -2.39. The van der Waals surface area contributed by atoms with Crippen LogP contribution in [0.3, 0.4) is 0 Å². The van der Waals surface area contributed by atoms with E-state index in [9.17, 15) is 4.79 Å². The van der Waals surface area contributed by atoms with Gasteiger partial charge in [-0.2, -0.15) is 8.75 Å². The third-order valence-electron chi connectivity index (χ3n) is 3.84. The van der Waals surface area contributed by atoms with E-state index in [0.717, 1.165) is 34.5 Å². The second-order valence-electron chi connectivity index (χ2n) is 5.81. The number of benzene rings is 1. The zero-order valence-corrected chi connectivity index (χ0v) is 14.7. The van der Waals surface area contributed by atoms with Gasteiger partial charge in [-0.05, 0) is 31.0 Å². The third-order valence-corrected chi connectivity index (χ3v) is 4.40. The minimum Gasteiger partial charge on any atom is -0.344 e. The summed E-state index contributed by atoms with van der Waals surface area (Å²) in [6.45, 7) is 4.47. The largest absolute Gasteiger partial charge is 0.344 e. The van der Waals surface area contributed by atoms with Gasteiger partial charge in [-0.25, -0.2) is 9.78 Å². The lowest BCUT2D eigenvalue weighted by molar-refractivity contribution is 0.201. The van der Waals surface area contributed by atoms with Gasteiger partial charge in [0.25, 0.3) is 0 Å². The highest BCUT2D eigenvalue weighted by Crippen LogP contribution is 2.16. The maximum Gasteiger partial charge on any atom is 0.318 e. The molecule has 0 saturated heterocycles. The van der Waals surface area contributed by atoms with E-state index in [1.807, 2.05) is 32.0 Å². The first-order valence-corrected chi connectivity index (χ1v) is 8.54. The molecule has 0 bridgehead atoms. The number of nitrogens with zero attached hydrogens (tertiary/aromatic N) is 4. The van der Waals surface area contributed by atoms with Crippen LogP contribution in [0.25, 0.3) is 11.0 Å². The standard InChI is InChI=1S/C16H20N6OS/c1-4-12(15-17-8-10(2)18-15)19-16(23)22(3)9-11-5-6-13-14(7-11)21-24-20-13/h5-8,12H,4,9H2,1-3H3,(H,17,18)(H,19,23)/t12-/m0/s1. The number of nitrogens with one attached hydrogen (secondary N) is 2. The van der Waals surface area contributed by atoms with Crippen LogP contribution >= 0.6 is 11.7 Å². The Bertz CT molecular complexity index is 842. The summed E-state index contributed by atoms with van der Waals surface area (Å²) >= 11 is 1.19. The van der Waals surface area contributed by atoms with E-state index in [0.29, 0.717) is 6.54 Å². The third kappa shape index (κ3) is 3.53. The molecule has 0 saturated carbocycles. The van der Waals surface area contributed by atoms with Crippen LogP contribution in [0.2, 0.25) is 0 Å². The fraction of sp³-hybridized carbons (Fsp3) is 0.375. The molecule has 3 rings (SSSR count). The molecule has 3 aromatic rings. The molecule has 1 atom stereocenters. The summed E-state index contributed by atoms with van der Waals surface area (Å²) in [6.07, 6.45) is 2.54. The summed E-state index contributed by atoms with van der Waals surface area (Å²) in [7, 11) is 1.78. The quantitative estimate of drug-likeness (QED) is 0.745. The maximum absolute atomic E-state index is 12.5. The van der Waals surface area contributed by atoms with Gasteiger partial charge < -0.3 is 15.2 Å². The molecule has 0 radical (unpaired) electrons. The number of hydrogen-bond acceptors (Lipinski definition) is 5. The van der Waals surface area contributed by atoms with Gasteiger partial charge in [-0.15, -0.1) is 0 Å². The van der Waals surface area contributed by atoms with Crippen molar-refractivity contribution in [3.8, 4) is 0 Å². The zero-order valence-electron chi connectivity index (χ0n) is 13.9. The van der Waals surface area contributed by atoms with Gasteiger partial charge in [0.05, 0.1) is 17.8 Å². The van der Waals surface area contributed by atoms with Gasteiger partial charge in [-0.1, -0.05) is 13.0 Å². The number of hydrogen-bond donors (Lipinski definition) is 2. The lowest BCUT2D eigenvalue weighted by atomic mass is 10.2. The van der Waals surface area contributed by atoms with Crippen LogP contribution in [-0.4, -0.2) is 36.7 Å². The van der Waals surface area contributed by atoms with Crippen molar-refractivity contribution in [3.63, 3.8) is 0 Å². The van der Waals surface area contributed by atoms with Gasteiger partial charge >= 0.3 is 6.03 Å². The van der Waals surface area contributed by atoms with E-state index in [1.54, 1.807) is 18.1 Å². The number of imidazole rings is 1. The minimum atomic E-state index is -0.132. The van der Waals surface area contributed by atoms with E-state index in [-0.39, 0.29) is 12.1 Å². The summed E-state index contributed by atoms with van der Waals surface area (Å²) in [5.74, 6) is 0.784. The Balaban J connectivity index is 1.65. The molecule has 0 spiro atoms. The smallest absolute Gasteiger partial charge is 0.318 e. The second-order valence-corrected chi connectivity index (χ2v) is 6.33. The molecular weight excluding hydrogens is 324 g/mol. The molecule has 7 nitrogen and oxygen atoms in total. The van der Waals surface area contributed by atoms with Crippen molar-refractivity contribution < 1.29 is 4.79 Å². The number of urea groups is 1. The Hall–Kier alpha value is -2.48. The van der Waals surface area contributed by atoms with Crippen molar-refractivity contribution >= 4 is 28.8 Å². The number of fused-ring (bicyclic) bond motifs is 1. The number of amides is 2. The van der Waals surface area contributed by atoms with Crippen LogP contribution in [0.15, 0.2) is 24.4 Å². The molecule has 0 fully saturated rings. The molecule has 8 heteroatoms.